The first-order valence-corrected chi connectivity index (χ1v) is 7.15. The van der Waals surface area contributed by atoms with Crippen molar-refractivity contribution >= 4 is 5.78 Å². The first-order chi connectivity index (χ1) is 9.60. The number of carbonyl (C=O) groups is 1. The van der Waals surface area contributed by atoms with E-state index in [1.165, 1.54) is 0 Å². The van der Waals surface area contributed by atoms with E-state index in [-0.39, 0.29) is 17.6 Å². The summed E-state index contributed by atoms with van der Waals surface area (Å²) in [5, 5.41) is 0. The minimum Gasteiger partial charge on any atom is -0.335 e. The average molecular weight is 274 g/mol. The molecule has 2 aromatic rings. The molecule has 0 spiro atoms. The zero-order valence-electron chi connectivity index (χ0n) is 12.6. The standard InChI is InChI=1S/C15H22N4O/c1-5-18-9-7-16-14(18)11(3)13(20)12(4)15-17-8-10-19(15)6-2/h7-12H,5-6H2,1-4H3. The SMILES string of the molecule is CCn1ccnc1C(C)C(=O)C(C)c1nccn1CC. The lowest BCUT2D eigenvalue weighted by atomic mass is 9.94. The molecule has 5 nitrogen and oxygen atoms in total. The van der Waals surface area contributed by atoms with Gasteiger partial charge in [0.2, 0.25) is 0 Å². The first-order valence-electron chi connectivity index (χ1n) is 7.15. The van der Waals surface area contributed by atoms with Crippen molar-refractivity contribution in [3.8, 4) is 0 Å². The summed E-state index contributed by atoms with van der Waals surface area (Å²) in [5.74, 6) is 1.38. The summed E-state index contributed by atoms with van der Waals surface area (Å²) in [4.78, 5) is 21.3. The fraction of sp³-hybridized carbons (Fsp3) is 0.533. The van der Waals surface area contributed by atoms with Crippen LogP contribution >= 0.6 is 0 Å². The molecule has 5 heteroatoms. The molecule has 0 fully saturated rings. The number of rotatable bonds is 6. The summed E-state index contributed by atoms with van der Waals surface area (Å²) in [5.41, 5.74) is 0. The Bertz CT molecular complexity index is 534. The molecular weight excluding hydrogens is 252 g/mol. The van der Waals surface area contributed by atoms with Crippen molar-refractivity contribution in [2.45, 2.75) is 52.6 Å². The summed E-state index contributed by atoms with van der Waals surface area (Å²) in [6.07, 6.45) is 7.33. The lowest BCUT2D eigenvalue weighted by Gasteiger charge is -2.17. The van der Waals surface area contributed by atoms with E-state index in [9.17, 15) is 4.79 Å². The van der Waals surface area contributed by atoms with Crippen LogP contribution in [0.5, 0.6) is 0 Å². The second kappa shape index (κ2) is 6.03. The highest BCUT2D eigenvalue weighted by atomic mass is 16.1. The number of carbonyl (C=O) groups excluding carboxylic acids is 1. The molecule has 0 saturated heterocycles. The minimum atomic E-state index is -0.220. The fourth-order valence-electron chi connectivity index (χ4n) is 2.57. The smallest absolute Gasteiger partial charge is 0.153 e. The first kappa shape index (κ1) is 14.5. The molecule has 0 radical (unpaired) electrons. The molecule has 2 aromatic heterocycles. The van der Waals surface area contributed by atoms with Crippen molar-refractivity contribution in [3.05, 3.63) is 36.4 Å². The van der Waals surface area contributed by atoms with Gasteiger partial charge in [0.25, 0.3) is 0 Å². The third-order valence-electron chi connectivity index (χ3n) is 3.80. The molecule has 0 N–H and O–H groups in total. The molecular formula is C15H22N4O. The van der Waals surface area contributed by atoms with Gasteiger partial charge in [-0.2, -0.15) is 0 Å². The van der Waals surface area contributed by atoms with Crippen molar-refractivity contribution in [2.75, 3.05) is 0 Å². The highest BCUT2D eigenvalue weighted by molar-refractivity contribution is 5.89. The fourth-order valence-corrected chi connectivity index (χ4v) is 2.57. The highest BCUT2D eigenvalue weighted by Crippen LogP contribution is 2.24. The monoisotopic (exact) mass is 274 g/mol. The van der Waals surface area contributed by atoms with Crippen LogP contribution in [0.1, 0.15) is 51.2 Å². The van der Waals surface area contributed by atoms with Gasteiger partial charge in [0.1, 0.15) is 11.6 Å². The van der Waals surface area contributed by atoms with E-state index in [4.69, 9.17) is 0 Å². The van der Waals surface area contributed by atoms with Crippen molar-refractivity contribution in [1.29, 1.82) is 0 Å². The third-order valence-corrected chi connectivity index (χ3v) is 3.80. The lowest BCUT2D eigenvalue weighted by molar-refractivity contribution is -0.121. The van der Waals surface area contributed by atoms with Crippen LogP contribution in [-0.2, 0) is 17.9 Å². The van der Waals surface area contributed by atoms with Crippen LogP contribution in [0.2, 0.25) is 0 Å². The predicted octanol–water partition coefficient (Wildman–Crippen LogP) is 2.60. The van der Waals surface area contributed by atoms with Crippen LogP contribution in [0.15, 0.2) is 24.8 Å². The molecule has 0 amide bonds. The summed E-state index contributed by atoms with van der Waals surface area (Å²) in [6.45, 7) is 9.60. The quantitative estimate of drug-likeness (QED) is 0.813. The van der Waals surface area contributed by atoms with Crippen LogP contribution in [0.3, 0.4) is 0 Å². The van der Waals surface area contributed by atoms with Gasteiger partial charge >= 0.3 is 0 Å². The maximum absolute atomic E-state index is 12.7. The molecule has 2 unspecified atom stereocenters. The Morgan fingerprint density at radius 1 is 1.00 bits per heavy atom. The number of aromatic nitrogens is 4. The Morgan fingerprint density at radius 3 is 1.75 bits per heavy atom. The van der Waals surface area contributed by atoms with E-state index >= 15 is 0 Å². The summed E-state index contributed by atoms with van der Waals surface area (Å²) < 4.78 is 4.03. The zero-order chi connectivity index (χ0) is 14.7. The second-order valence-electron chi connectivity index (χ2n) is 4.99. The minimum absolute atomic E-state index is 0.159. The summed E-state index contributed by atoms with van der Waals surface area (Å²) in [7, 11) is 0. The molecule has 0 aromatic carbocycles. The van der Waals surface area contributed by atoms with Gasteiger partial charge in [0.15, 0.2) is 5.78 Å². The van der Waals surface area contributed by atoms with E-state index in [1.807, 2.05) is 35.4 Å². The maximum Gasteiger partial charge on any atom is 0.153 e. The Morgan fingerprint density at radius 2 is 1.40 bits per heavy atom. The Labute approximate surface area is 119 Å². The Hall–Kier alpha value is -1.91. The Balaban J connectivity index is 2.23. The molecule has 108 valence electrons. The predicted molar refractivity (Wildman–Crippen MR) is 77.6 cm³/mol. The largest absolute Gasteiger partial charge is 0.335 e. The van der Waals surface area contributed by atoms with E-state index in [1.54, 1.807) is 12.4 Å². The van der Waals surface area contributed by atoms with Crippen LogP contribution in [0.4, 0.5) is 0 Å². The molecule has 0 saturated carbocycles. The van der Waals surface area contributed by atoms with Crippen molar-refractivity contribution in [1.82, 2.24) is 19.1 Å². The van der Waals surface area contributed by atoms with E-state index < -0.39 is 0 Å². The van der Waals surface area contributed by atoms with E-state index in [0.717, 1.165) is 24.7 Å². The van der Waals surface area contributed by atoms with E-state index in [0.29, 0.717) is 0 Å². The van der Waals surface area contributed by atoms with Crippen LogP contribution in [-0.4, -0.2) is 24.9 Å². The van der Waals surface area contributed by atoms with Gasteiger partial charge in [-0.15, -0.1) is 0 Å². The zero-order valence-corrected chi connectivity index (χ0v) is 12.6. The van der Waals surface area contributed by atoms with Crippen LogP contribution < -0.4 is 0 Å². The summed E-state index contributed by atoms with van der Waals surface area (Å²) >= 11 is 0. The van der Waals surface area contributed by atoms with Crippen molar-refractivity contribution in [3.63, 3.8) is 0 Å². The highest BCUT2D eigenvalue weighted by Gasteiger charge is 2.27. The van der Waals surface area contributed by atoms with Gasteiger partial charge in [-0.05, 0) is 27.7 Å². The number of aryl methyl sites for hydroxylation is 2. The number of hydrogen-bond donors (Lipinski definition) is 0. The molecule has 0 aliphatic heterocycles. The van der Waals surface area contributed by atoms with Gasteiger partial charge in [-0.1, -0.05) is 0 Å². The molecule has 2 atom stereocenters. The van der Waals surface area contributed by atoms with Gasteiger partial charge in [-0.25, -0.2) is 9.97 Å². The van der Waals surface area contributed by atoms with E-state index in [2.05, 4.69) is 23.8 Å². The number of ketones is 1. The Kier molecular flexibility index (Phi) is 4.37. The van der Waals surface area contributed by atoms with Crippen molar-refractivity contribution in [2.24, 2.45) is 0 Å². The second-order valence-corrected chi connectivity index (χ2v) is 4.99. The van der Waals surface area contributed by atoms with Gasteiger partial charge in [-0.3, -0.25) is 4.79 Å². The molecule has 0 aliphatic carbocycles. The molecule has 2 rings (SSSR count). The average Bonchev–Trinajstić information content (AvgIpc) is 3.12. The van der Waals surface area contributed by atoms with Gasteiger partial charge in [0, 0.05) is 37.9 Å². The third kappa shape index (κ3) is 2.53. The molecule has 0 aliphatic rings. The number of Topliss-reactive ketones (excluding diaryl/α,β-unsaturated/α-hetero) is 1. The van der Waals surface area contributed by atoms with Crippen LogP contribution in [0, 0.1) is 0 Å². The maximum atomic E-state index is 12.7. The topological polar surface area (TPSA) is 52.7 Å². The number of nitrogens with zero attached hydrogens (tertiary/aromatic N) is 4. The lowest BCUT2D eigenvalue weighted by Crippen LogP contribution is -2.22. The molecule has 2 heterocycles. The number of imidazole rings is 2. The van der Waals surface area contributed by atoms with Gasteiger partial charge < -0.3 is 9.13 Å². The summed E-state index contributed by atoms with van der Waals surface area (Å²) in [6, 6.07) is 0. The number of hydrogen-bond acceptors (Lipinski definition) is 3. The normalized spacial score (nSPS) is 14.2. The van der Waals surface area contributed by atoms with Crippen molar-refractivity contribution < 1.29 is 4.79 Å². The van der Waals surface area contributed by atoms with Crippen LogP contribution in [0.25, 0.3) is 0 Å². The molecule has 0 bridgehead atoms. The van der Waals surface area contributed by atoms with Gasteiger partial charge in [0.05, 0.1) is 11.8 Å². The molecule has 20 heavy (non-hydrogen) atoms.